The van der Waals surface area contributed by atoms with Crippen LogP contribution in [-0.2, 0) is 0 Å². The van der Waals surface area contributed by atoms with E-state index in [0.29, 0.717) is 25.9 Å². The van der Waals surface area contributed by atoms with E-state index in [1.165, 1.54) is 29.9 Å². The van der Waals surface area contributed by atoms with Gasteiger partial charge < -0.3 is 15.3 Å². The molecule has 0 aliphatic carbocycles. The topological polar surface area (TPSA) is 95.4 Å². The van der Waals surface area contributed by atoms with Crippen LogP contribution in [0.3, 0.4) is 0 Å². The zero-order valence-electron chi connectivity index (χ0n) is 16.2. The van der Waals surface area contributed by atoms with E-state index in [2.05, 4.69) is 15.3 Å². The summed E-state index contributed by atoms with van der Waals surface area (Å²) in [6, 6.07) is 4.98. The van der Waals surface area contributed by atoms with Crippen LogP contribution < -0.4 is 5.32 Å². The number of halogens is 2. The summed E-state index contributed by atoms with van der Waals surface area (Å²) in [7, 11) is 0. The monoisotopic (exact) mass is 444 g/mol. The fourth-order valence-corrected chi connectivity index (χ4v) is 4.14. The SMILES string of the molecule is O=C(Nc1ccncc1C(=O)N1CCC(O)CC1)c1csc(-c2c(F)cccc2F)n1. The molecule has 2 aromatic heterocycles. The minimum Gasteiger partial charge on any atom is -0.393 e. The Morgan fingerprint density at radius 2 is 1.87 bits per heavy atom. The number of hydrogen-bond donors (Lipinski definition) is 2. The molecule has 0 unspecified atom stereocenters. The predicted octanol–water partition coefficient (Wildman–Crippen LogP) is 3.33. The molecular formula is C21H18F2N4O3S. The van der Waals surface area contributed by atoms with E-state index in [0.717, 1.165) is 23.5 Å². The van der Waals surface area contributed by atoms with Crippen molar-refractivity contribution in [3.8, 4) is 10.6 Å². The lowest BCUT2D eigenvalue weighted by Crippen LogP contribution is -2.40. The molecule has 0 saturated carbocycles. The van der Waals surface area contributed by atoms with Gasteiger partial charge in [-0.25, -0.2) is 13.8 Å². The third kappa shape index (κ3) is 4.44. The summed E-state index contributed by atoms with van der Waals surface area (Å²) in [5.74, 6) is -2.46. The average Bonchev–Trinajstić information content (AvgIpc) is 3.24. The number of amides is 2. The number of benzene rings is 1. The number of thiazole rings is 1. The number of aromatic nitrogens is 2. The number of rotatable bonds is 4. The Kier molecular flexibility index (Phi) is 6.01. The van der Waals surface area contributed by atoms with Crippen molar-refractivity contribution in [2.75, 3.05) is 18.4 Å². The molecule has 2 N–H and O–H groups in total. The van der Waals surface area contributed by atoms with Gasteiger partial charge in [0.1, 0.15) is 22.3 Å². The zero-order valence-corrected chi connectivity index (χ0v) is 17.0. The number of nitrogens with zero attached hydrogens (tertiary/aromatic N) is 3. The van der Waals surface area contributed by atoms with Gasteiger partial charge in [0.25, 0.3) is 11.8 Å². The highest BCUT2D eigenvalue weighted by Gasteiger charge is 2.25. The first-order valence-corrected chi connectivity index (χ1v) is 10.4. The summed E-state index contributed by atoms with van der Waals surface area (Å²) in [5, 5.41) is 13.7. The summed E-state index contributed by atoms with van der Waals surface area (Å²) in [6.07, 6.45) is 3.36. The van der Waals surface area contributed by atoms with Gasteiger partial charge in [-0.1, -0.05) is 6.07 Å². The molecule has 1 aliphatic heterocycles. The van der Waals surface area contributed by atoms with Gasteiger partial charge in [-0.05, 0) is 31.0 Å². The third-order valence-corrected chi connectivity index (χ3v) is 5.82. The van der Waals surface area contributed by atoms with E-state index in [9.17, 15) is 23.5 Å². The second-order valence-electron chi connectivity index (χ2n) is 7.03. The third-order valence-electron chi connectivity index (χ3n) is 4.96. The van der Waals surface area contributed by atoms with Gasteiger partial charge in [-0.2, -0.15) is 0 Å². The molecule has 4 rings (SSSR count). The molecular weight excluding hydrogens is 426 g/mol. The number of piperidine rings is 1. The van der Waals surface area contributed by atoms with Crippen LogP contribution in [0.25, 0.3) is 10.6 Å². The van der Waals surface area contributed by atoms with Gasteiger partial charge in [0, 0.05) is 30.9 Å². The standard InChI is InChI=1S/C21H18F2N4O3S/c22-14-2-1-3-15(23)18(14)20-26-17(11-31-20)19(29)25-16-4-7-24-10-13(16)21(30)27-8-5-12(28)6-9-27/h1-4,7,10-12,28H,5-6,8-9H2,(H,24,25,29). The lowest BCUT2D eigenvalue weighted by atomic mass is 10.1. The molecule has 2 amide bonds. The molecule has 1 fully saturated rings. The molecule has 10 heteroatoms. The number of pyridine rings is 1. The minimum absolute atomic E-state index is 0.0287. The summed E-state index contributed by atoms with van der Waals surface area (Å²) < 4.78 is 28.0. The molecule has 0 spiro atoms. The zero-order chi connectivity index (χ0) is 22.0. The van der Waals surface area contributed by atoms with Gasteiger partial charge in [0.15, 0.2) is 0 Å². The number of aliphatic hydroxyl groups is 1. The Morgan fingerprint density at radius 1 is 1.16 bits per heavy atom. The van der Waals surface area contributed by atoms with Gasteiger partial charge in [0.2, 0.25) is 0 Å². The van der Waals surface area contributed by atoms with Crippen molar-refractivity contribution >= 4 is 28.8 Å². The Morgan fingerprint density at radius 3 is 2.58 bits per heavy atom. The minimum atomic E-state index is -0.769. The fourth-order valence-electron chi connectivity index (χ4n) is 3.29. The summed E-state index contributed by atoms with van der Waals surface area (Å²) in [6.45, 7) is 0.817. The molecule has 1 saturated heterocycles. The molecule has 3 heterocycles. The number of carbonyl (C=O) groups excluding carboxylic acids is 2. The predicted molar refractivity (Wildman–Crippen MR) is 111 cm³/mol. The highest BCUT2D eigenvalue weighted by molar-refractivity contribution is 7.13. The van der Waals surface area contributed by atoms with E-state index in [4.69, 9.17) is 0 Å². The largest absolute Gasteiger partial charge is 0.393 e. The molecule has 31 heavy (non-hydrogen) atoms. The maximum Gasteiger partial charge on any atom is 0.275 e. The number of likely N-dealkylation sites (tertiary alicyclic amines) is 1. The van der Waals surface area contributed by atoms with E-state index in [1.807, 2.05) is 0 Å². The van der Waals surface area contributed by atoms with Gasteiger partial charge in [0.05, 0.1) is 22.9 Å². The average molecular weight is 444 g/mol. The first-order chi connectivity index (χ1) is 14.9. The highest BCUT2D eigenvalue weighted by Crippen LogP contribution is 2.29. The molecule has 1 aliphatic rings. The van der Waals surface area contributed by atoms with Crippen molar-refractivity contribution < 1.29 is 23.5 Å². The van der Waals surface area contributed by atoms with Crippen LogP contribution in [0.1, 0.15) is 33.7 Å². The lowest BCUT2D eigenvalue weighted by Gasteiger charge is -2.30. The first-order valence-electron chi connectivity index (χ1n) is 9.56. The van der Waals surface area contributed by atoms with Gasteiger partial charge in [-0.3, -0.25) is 14.6 Å². The van der Waals surface area contributed by atoms with E-state index < -0.39 is 23.6 Å². The van der Waals surface area contributed by atoms with Crippen LogP contribution in [0, 0.1) is 11.6 Å². The van der Waals surface area contributed by atoms with Crippen LogP contribution in [0.2, 0.25) is 0 Å². The second kappa shape index (κ2) is 8.86. The first kappa shape index (κ1) is 21.0. The lowest BCUT2D eigenvalue weighted by molar-refractivity contribution is 0.0547. The number of hydrogen-bond acceptors (Lipinski definition) is 6. The molecule has 1 aromatic carbocycles. The quantitative estimate of drug-likeness (QED) is 0.644. The van der Waals surface area contributed by atoms with Crippen molar-refractivity contribution in [3.63, 3.8) is 0 Å². The van der Waals surface area contributed by atoms with Crippen LogP contribution in [0.15, 0.2) is 42.0 Å². The number of carbonyl (C=O) groups is 2. The van der Waals surface area contributed by atoms with Gasteiger partial charge >= 0.3 is 0 Å². The van der Waals surface area contributed by atoms with E-state index >= 15 is 0 Å². The summed E-state index contributed by atoms with van der Waals surface area (Å²) in [5.41, 5.74) is 0.142. The Bertz CT molecular complexity index is 1110. The Labute approximate surface area is 180 Å². The molecule has 160 valence electrons. The number of nitrogens with one attached hydrogen (secondary N) is 1. The molecule has 0 atom stereocenters. The maximum absolute atomic E-state index is 14.0. The Balaban J connectivity index is 1.54. The highest BCUT2D eigenvalue weighted by atomic mass is 32.1. The molecule has 3 aromatic rings. The number of anilines is 1. The second-order valence-corrected chi connectivity index (χ2v) is 7.89. The van der Waals surface area contributed by atoms with E-state index in [-0.39, 0.29) is 33.4 Å². The molecule has 0 radical (unpaired) electrons. The van der Waals surface area contributed by atoms with Crippen LogP contribution in [0.4, 0.5) is 14.5 Å². The molecule has 7 nitrogen and oxygen atoms in total. The van der Waals surface area contributed by atoms with Crippen LogP contribution >= 0.6 is 11.3 Å². The molecule has 0 bridgehead atoms. The van der Waals surface area contributed by atoms with Crippen molar-refractivity contribution in [2.45, 2.75) is 18.9 Å². The van der Waals surface area contributed by atoms with Gasteiger partial charge in [-0.15, -0.1) is 11.3 Å². The maximum atomic E-state index is 14.0. The summed E-state index contributed by atoms with van der Waals surface area (Å²) >= 11 is 0.940. The van der Waals surface area contributed by atoms with Crippen molar-refractivity contribution in [2.24, 2.45) is 0 Å². The smallest absolute Gasteiger partial charge is 0.275 e. The van der Waals surface area contributed by atoms with E-state index in [1.54, 1.807) is 4.90 Å². The van der Waals surface area contributed by atoms with Crippen LogP contribution in [-0.4, -0.2) is 51.0 Å². The number of aliphatic hydroxyl groups excluding tert-OH is 1. The normalized spacial score (nSPS) is 14.5. The van der Waals surface area contributed by atoms with Crippen LogP contribution in [0.5, 0.6) is 0 Å². The summed E-state index contributed by atoms with van der Waals surface area (Å²) in [4.78, 5) is 35.2. The van der Waals surface area contributed by atoms with Crippen molar-refractivity contribution in [3.05, 3.63) is 64.9 Å². The van der Waals surface area contributed by atoms with Crippen molar-refractivity contribution in [1.29, 1.82) is 0 Å². The fraction of sp³-hybridized carbons (Fsp3) is 0.238. The Hall–Kier alpha value is -3.24. The van der Waals surface area contributed by atoms with Crippen molar-refractivity contribution in [1.82, 2.24) is 14.9 Å².